The highest BCUT2D eigenvalue weighted by atomic mass is 79.9. The van der Waals surface area contributed by atoms with E-state index in [9.17, 15) is 9.18 Å². The van der Waals surface area contributed by atoms with Crippen LogP contribution in [0.2, 0.25) is 0 Å². The molecule has 24 heavy (non-hydrogen) atoms. The number of carbonyl (C=O) groups is 1. The molecule has 7 heteroatoms. The van der Waals surface area contributed by atoms with Gasteiger partial charge in [0.05, 0.1) is 24.6 Å². The van der Waals surface area contributed by atoms with Crippen LogP contribution in [0, 0.1) is 5.82 Å². The van der Waals surface area contributed by atoms with Gasteiger partial charge >= 0.3 is 0 Å². The van der Waals surface area contributed by atoms with Crippen molar-refractivity contribution in [1.82, 2.24) is 0 Å². The monoisotopic (exact) mass is 456 g/mol. The van der Waals surface area contributed by atoms with Gasteiger partial charge < -0.3 is 15.0 Å². The van der Waals surface area contributed by atoms with Crippen molar-refractivity contribution in [3.63, 3.8) is 0 Å². The summed E-state index contributed by atoms with van der Waals surface area (Å²) in [4.78, 5) is 14.7. The lowest BCUT2D eigenvalue weighted by atomic mass is 10.2. The van der Waals surface area contributed by atoms with Gasteiger partial charge in [0, 0.05) is 27.6 Å². The van der Waals surface area contributed by atoms with Gasteiger partial charge in [-0.2, -0.15) is 0 Å². The standard InChI is InChI=1S/C17H15Br2FN2O2/c18-12-1-2-16(22-3-5-24-6-4-22)15(10-12)21-17(23)11-7-13(19)9-14(20)8-11/h1-2,7-10H,3-6H2,(H,21,23). The van der Waals surface area contributed by atoms with Crippen LogP contribution < -0.4 is 10.2 Å². The van der Waals surface area contributed by atoms with Gasteiger partial charge in [-0.1, -0.05) is 31.9 Å². The molecule has 1 saturated heterocycles. The van der Waals surface area contributed by atoms with Crippen molar-refractivity contribution in [1.29, 1.82) is 0 Å². The van der Waals surface area contributed by atoms with E-state index in [4.69, 9.17) is 4.74 Å². The molecule has 2 aromatic rings. The molecule has 1 N–H and O–H groups in total. The molecule has 0 atom stereocenters. The van der Waals surface area contributed by atoms with E-state index in [0.717, 1.165) is 23.2 Å². The maximum absolute atomic E-state index is 13.5. The van der Waals surface area contributed by atoms with E-state index in [1.165, 1.54) is 12.1 Å². The first kappa shape index (κ1) is 17.4. The van der Waals surface area contributed by atoms with Crippen molar-refractivity contribution >= 4 is 49.1 Å². The van der Waals surface area contributed by atoms with E-state index in [1.807, 2.05) is 18.2 Å². The Kier molecular flexibility index (Phi) is 5.53. The zero-order valence-corrected chi connectivity index (χ0v) is 15.9. The average molecular weight is 458 g/mol. The van der Waals surface area contributed by atoms with E-state index in [1.54, 1.807) is 6.07 Å². The van der Waals surface area contributed by atoms with Gasteiger partial charge in [0.25, 0.3) is 5.91 Å². The highest BCUT2D eigenvalue weighted by Crippen LogP contribution is 2.30. The van der Waals surface area contributed by atoms with Gasteiger partial charge in [-0.05, 0) is 36.4 Å². The third-order valence-corrected chi connectivity index (χ3v) is 4.63. The fourth-order valence-corrected chi connectivity index (χ4v) is 3.39. The van der Waals surface area contributed by atoms with Gasteiger partial charge in [0.2, 0.25) is 0 Å². The Morgan fingerprint density at radius 1 is 1.08 bits per heavy atom. The highest BCUT2D eigenvalue weighted by Gasteiger charge is 2.17. The molecule has 1 aliphatic heterocycles. The Morgan fingerprint density at radius 2 is 1.83 bits per heavy atom. The van der Waals surface area contributed by atoms with E-state index in [2.05, 4.69) is 42.1 Å². The van der Waals surface area contributed by atoms with Crippen molar-refractivity contribution in [3.8, 4) is 0 Å². The van der Waals surface area contributed by atoms with Crippen molar-refractivity contribution in [3.05, 3.63) is 56.7 Å². The summed E-state index contributed by atoms with van der Waals surface area (Å²) in [7, 11) is 0. The van der Waals surface area contributed by atoms with Crippen LogP contribution in [0.1, 0.15) is 10.4 Å². The summed E-state index contributed by atoms with van der Waals surface area (Å²) in [5.41, 5.74) is 1.86. The van der Waals surface area contributed by atoms with Crippen molar-refractivity contribution in [2.45, 2.75) is 0 Å². The summed E-state index contributed by atoms with van der Waals surface area (Å²) in [5.74, 6) is -0.819. The van der Waals surface area contributed by atoms with Gasteiger partial charge in [-0.25, -0.2) is 4.39 Å². The van der Waals surface area contributed by atoms with Crippen LogP contribution in [-0.4, -0.2) is 32.2 Å². The first-order valence-electron chi connectivity index (χ1n) is 7.42. The number of anilines is 2. The number of ether oxygens (including phenoxy) is 1. The van der Waals surface area contributed by atoms with Gasteiger partial charge in [-0.3, -0.25) is 4.79 Å². The van der Waals surface area contributed by atoms with Gasteiger partial charge in [0.1, 0.15) is 5.82 Å². The molecule has 126 valence electrons. The molecule has 2 aromatic carbocycles. The zero-order valence-electron chi connectivity index (χ0n) is 12.7. The molecular formula is C17H15Br2FN2O2. The Morgan fingerprint density at radius 3 is 2.54 bits per heavy atom. The predicted molar refractivity (Wildman–Crippen MR) is 99.2 cm³/mol. The minimum absolute atomic E-state index is 0.259. The first-order valence-corrected chi connectivity index (χ1v) is 9.01. The second kappa shape index (κ2) is 7.63. The van der Waals surface area contributed by atoms with E-state index >= 15 is 0 Å². The fourth-order valence-electron chi connectivity index (χ4n) is 2.57. The lowest BCUT2D eigenvalue weighted by molar-refractivity contribution is 0.102. The molecule has 0 aromatic heterocycles. The number of morpholine rings is 1. The molecule has 0 bridgehead atoms. The normalized spacial score (nSPS) is 14.5. The summed E-state index contributed by atoms with van der Waals surface area (Å²) in [6.45, 7) is 2.83. The largest absolute Gasteiger partial charge is 0.378 e. The zero-order chi connectivity index (χ0) is 17.1. The molecule has 4 nitrogen and oxygen atoms in total. The SMILES string of the molecule is O=C(Nc1cc(Br)ccc1N1CCOCC1)c1cc(F)cc(Br)c1. The molecule has 0 radical (unpaired) electrons. The number of hydrogen-bond donors (Lipinski definition) is 1. The summed E-state index contributed by atoms with van der Waals surface area (Å²) >= 11 is 6.63. The molecule has 1 amide bonds. The fraction of sp³-hybridized carbons (Fsp3) is 0.235. The Balaban J connectivity index is 1.88. The first-order chi connectivity index (χ1) is 11.5. The Bertz CT molecular complexity index is 744. The van der Waals surface area contributed by atoms with Crippen molar-refractivity contribution in [2.75, 3.05) is 36.5 Å². The van der Waals surface area contributed by atoms with Gasteiger partial charge in [-0.15, -0.1) is 0 Å². The summed E-state index contributed by atoms with van der Waals surface area (Å²) in [6.07, 6.45) is 0. The number of carbonyl (C=O) groups excluding carboxylic acids is 1. The quantitative estimate of drug-likeness (QED) is 0.740. The second-order valence-electron chi connectivity index (χ2n) is 5.37. The van der Waals surface area contributed by atoms with E-state index < -0.39 is 5.82 Å². The average Bonchev–Trinajstić information content (AvgIpc) is 2.55. The van der Waals surface area contributed by atoms with Crippen LogP contribution in [0.5, 0.6) is 0 Å². The molecule has 1 fully saturated rings. The molecule has 0 saturated carbocycles. The second-order valence-corrected chi connectivity index (χ2v) is 7.20. The maximum Gasteiger partial charge on any atom is 0.255 e. The number of nitrogens with one attached hydrogen (secondary N) is 1. The van der Waals surface area contributed by atoms with Crippen molar-refractivity contribution < 1.29 is 13.9 Å². The number of benzene rings is 2. The van der Waals surface area contributed by atoms with Crippen LogP contribution in [0.4, 0.5) is 15.8 Å². The maximum atomic E-state index is 13.5. The number of halogens is 3. The lowest BCUT2D eigenvalue weighted by Gasteiger charge is -2.30. The molecule has 3 rings (SSSR count). The summed E-state index contributed by atoms with van der Waals surface area (Å²) in [5, 5.41) is 2.88. The Labute approximate surface area is 156 Å². The third kappa shape index (κ3) is 4.15. The molecule has 0 unspecified atom stereocenters. The van der Waals surface area contributed by atoms with Crippen LogP contribution >= 0.6 is 31.9 Å². The number of hydrogen-bond acceptors (Lipinski definition) is 3. The highest BCUT2D eigenvalue weighted by molar-refractivity contribution is 9.10. The van der Waals surface area contributed by atoms with Crippen LogP contribution in [0.3, 0.4) is 0 Å². The van der Waals surface area contributed by atoms with Crippen LogP contribution in [-0.2, 0) is 4.74 Å². The molecule has 0 spiro atoms. The minimum Gasteiger partial charge on any atom is -0.378 e. The van der Waals surface area contributed by atoms with Crippen LogP contribution in [0.15, 0.2) is 45.3 Å². The summed E-state index contributed by atoms with van der Waals surface area (Å²) < 4.78 is 20.3. The smallest absolute Gasteiger partial charge is 0.255 e. The number of amides is 1. The molecular weight excluding hydrogens is 443 g/mol. The number of nitrogens with zero attached hydrogens (tertiary/aromatic N) is 1. The number of rotatable bonds is 3. The summed E-state index contributed by atoms with van der Waals surface area (Å²) in [6, 6.07) is 9.84. The predicted octanol–water partition coefficient (Wildman–Crippen LogP) is 4.44. The Hall–Kier alpha value is -1.44. The van der Waals surface area contributed by atoms with E-state index in [0.29, 0.717) is 23.4 Å². The molecule has 0 aliphatic carbocycles. The van der Waals surface area contributed by atoms with Crippen LogP contribution in [0.25, 0.3) is 0 Å². The minimum atomic E-state index is -0.461. The van der Waals surface area contributed by atoms with Crippen molar-refractivity contribution in [2.24, 2.45) is 0 Å². The van der Waals surface area contributed by atoms with Gasteiger partial charge in [0.15, 0.2) is 0 Å². The molecule has 1 heterocycles. The third-order valence-electron chi connectivity index (χ3n) is 3.68. The molecule has 1 aliphatic rings. The van der Waals surface area contributed by atoms with E-state index in [-0.39, 0.29) is 11.5 Å². The lowest BCUT2D eigenvalue weighted by Crippen LogP contribution is -2.36. The topological polar surface area (TPSA) is 41.6 Å².